The molecule has 0 radical (unpaired) electrons. The van der Waals surface area contributed by atoms with Gasteiger partial charge in [0.25, 0.3) is 0 Å². The highest BCUT2D eigenvalue weighted by molar-refractivity contribution is 9.10. The van der Waals surface area contributed by atoms with Gasteiger partial charge in [-0.25, -0.2) is 4.39 Å². The van der Waals surface area contributed by atoms with Crippen LogP contribution in [0.5, 0.6) is 0 Å². The van der Waals surface area contributed by atoms with Gasteiger partial charge in [0, 0.05) is 0 Å². The lowest BCUT2D eigenvalue weighted by molar-refractivity contribution is -0.117. The van der Waals surface area contributed by atoms with Crippen molar-refractivity contribution >= 4 is 37.8 Å². The van der Waals surface area contributed by atoms with E-state index in [2.05, 4.69) is 31.9 Å². The molecule has 0 fully saturated rings. The number of carbonyl (C=O) groups is 1. The Kier molecular flexibility index (Phi) is 4.28. The van der Waals surface area contributed by atoms with Gasteiger partial charge in [0.1, 0.15) is 5.82 Å². The van der Waals surface area contributed by atoms with Gasteiger partial charge in [0.2, 0.25) is 5.91 Å². The molecule has 2 N–H and O–H groups in total. The normalized spacial score (nSPS) is 12.5. The van der Waals surface area contributed by atoms with E-state index in [0.717, 1.165) is 11.1 Å². The fraction of sp³-hybridized carbons (Fsp3) is 0.300. The Morgan fingerprint density at radius 2 is 2.20 bits per heavy atom. The molecule has 1 unspecified atom stereocenters. The number of alkyl halides is 1. The van der Waals surface area contributed by atoms with E-state index < -0.39 is 10.7 Å². The van der Waals surface area contributed by atoms with E-state index in [0.29, 0.717) is 10.9 Å². The van der Waals surface area contributed by atoms with Crippen LogP contribution < -0.4 is 5.73 Å². The van der Waals surface area contributed by atoms with Crippen LogP contribution in [0.25, 0.3) is 0 Å². The number of halogens is 3. The molecule has 1 atom stereocenters. The summed E-state index contributed by atoms with van der Waals surface area (Å²) in [5.41, 5.74) is 6.83. The number of hydrogen-bond acceptors (Lipinski definition) is 1. The van der Waals surface area contributed by atoms with Crippen LogP contribution in [-0.2, 0) is 11.2 Å². The van der Waals surface area contributed by atoms with E-state index in [4.69, 9.17) is 5.73 Å². The third kappa shape index (κ3) is 3.28. The maximum absolute atomic E-state index is 13.1. The van der Waals surface area contributed by atoms with Crippen LogP contribution in [0, 0.1) is 12.7 Å². The van der Waals surface area contributed by atoms with E-state index in [1.165, 1.54) is 6.07 Å². The monoisotopic (exact) mass is 337 g/mol. The molecule has 0 aliphatic carbocycles. The zero-order chi connectivity index (χ0) is 11.6. The van der Waals surface area contributed by atoms with Crippen molar-refractivity contribution in [3.8, 4) is 0 Å². The second kappa shape index (κ2) is 5.07. The van der Waals surface area contributed by atoms with E-state index in [1.807, 2.05) is 0 Å². The summed E-state index contributed by atoms with van der Waals surface area (Å²) < 4.78 is 13.5. The quantitative estimate of drug-likeness (QED) is 0.846. The lowest BCUT2D eigenvalue weighted by atomic mass is 10.0. The Hall–Kier alpha value is -0.420. The van der Waals surface area contributed by atoms with Crippen molar-refractivity contribution in [1.82, 2.24) is 0 Å². The van der Waals surface area contributed by atoms with Crippen molar-refractivity contribution in [3.05, 3.63) is 33.5 Å². The van der Waals surface area contributed by atoms with Crippen LogP contribution in [0.3, 0.4) is 0 Å². The average Bonchev–Trinajstić information content (AvgIpc) is 2.13. The standard InChI is InChI=1S/C10H10Br2FNO/c1-5-2-9(13)7(11)3-6(5)4-8(12)10(14)15/h2-3,8H,4H2,1H3,(H2,14,15). The average molecular weight is 339 g/mol. The molecule has 15 heavy (non-hydrogen) atoms. The van der Waals surface area contributed by atoms with Crippen molar-refractivity contribution in [2.24, 2.45) is 5.73 Å². The van der Waals surface area contributed by atoms with E-state index in [-0.39, 0.29) is 5.82 Å². The first-order chi connectivity index (χ1) is 6.91. The van der Waals surface area contributed by atoms with Gasteiger partial charge in [-0.2, -0.15) is 0 Å². The van der Waals surface area contributed by atoms with E-state index >= 15 is 0 Å². The molecular formula is C10H10Br2FNO. The van der Waals surface area contributed by atoms with E-state index in [9.17, 15) is 9.18 Å². The van der Waals surface area contributed by atoms with Gasteiger partial charge < -0.3 is 5.73 Å². The van der Waals surface area contributed by atoms with Crippen LogP contribution in [0.15, 0.2) is 16.6 Å². The molecule has 0 spiro atoms. The van der Waals surface area contributed by atoms with Crippen molar-refractivity contribution < 1.29 is 9.18 Å². The molecule has 5 heteroatoms. The molecule has 0 aromatic heterocycles. The number of amides is 1. The SMILES string of the molecule is Cc1cc(F)c(Br)cc1CC(Br)C(N)=O. The number of nitrogens with two attached hydrogens (primary N) is 1. The van der Waals surface area contributed by atoms with E-state index in [1.54, 1.807) is 13.0 Å². The minimum atomic E-state index is -0.423. The summed E-state index contributed by atoms with van der Waals surface area (Å²) in [6, 6.07) is 3.10. The summed E-state index contributed by atoms with van der Waals surface area (Å²) >= 11 is 6.27. The summed E-state index contributed by atoms with van der Waals surface area (Å²) in [6.07, 6.45) is 0.458. The summed E-state index contributed by atoms with van der Waals surface area (Å²) in [5, 5.41) is 0. The fourth-order valence-corrected chi connectivity index (χ4v) is 1.94. The number of hydrogen-bond donors (Lipinski definition) is 1. The Labute approximate surface area is 104 Å². The van der Waals surface area contributed by atoms with Gasteiger partial charge in [-0.1, -0.05) is 15.9 Å². The number of aryl methyl sites for hydroxylation is 1. The van der Waals surface area contributed by atoms with Crippen LogP contribution in [0.2, 0.25) is 0 Å². The Bertz CT molecular complexity index is 395. The molecule has 0 aliphatic rings. The van der Waals surface area contributed by atoms with Crippen LogP contribution >= 0.6 is 31.9 Å². The Morgan fingerprint density at radius 1 is 1.60 bits per heavy atom. The maximum atomic E-state index is 13.1. The van der Waals surface area contributed by atoms with Crippen molar-refractivity contribution in [2.45, 2.75) is 18.2 Å². The van der Waals surface area contributed by atoms with Crippen LogP contribution in [0.4, 0.5) is 4.39 Å². The summed E-state index contributed by atoms with van der Waals surface area (Å²) in [7, 11) is 0. The Morgan fingerprint density at radius 3 is 2.73 bits per heavy atom. The molecule has 1 rings (SSSR count). The predicted molar refractivity (Wildman–Crippen MR) is 64.5 cm³/mol. The molecule has 0 saturated heterocycles. The molecule has 1 aromatic carbocycles. The largest absolute Gasteiger partial charge is 0.369 e. The van der Waals surface area contributed by atoms with Crippen LogP contribution in [-0.4, -0.2) is 10.7 Å². The molecule has 1 amide bonds. The van der Waals surface area contributed by atoms with Crippen molar-refractivity contribution in [1.29, 1.82) is 0 Å². The lowest BCUT2D eigenvalue weighted by Gasteiger charge is -2.09. The predicted octanol–water partition coefficient (Wildman–Crippen LogP) is 2.69. The Balaban J connectivity index is 2.95. The second-order valence-corrected chi connectivity index (χ2v) is 5.23. The van der Waals surface area contributed by atoms with Gasteiger partial charge in [0.05, 0.1) is 9.30 Å². The minimum Gasteiger partial charge on any atom is -0.369 e. The molecule has 0 saturated carbocycles. The first-order valence-corrected chi connectivity index (χ1v) is 6.00. The number of primary amides is 1. The molecule has 2 nitrogen and oxygen atoms in total. The zero-order valence-corrected chi connectivity index (χ0v) is 11.2. The topological polar surface area (TPSA) is 43.1 Å². The van der Waals surface area contributed by atoms with Gasteiger partial charge in [-0.05, 0) is 52.5 Å². The zero-order valence-electron chi connectivity index (χ0n) is 8.06. The smallest absolute Gasteiger partial charge is 0.231 e. The summed E-state index contributed by atoms with van der Waals surface area (Å²) in [6.45, 7) is 1.80. The first-order valence-electron chi connectivity index (χ1n) is 4.29. The van der Waals surface area contributed by atoms with Gasteiger partial charge in [0.15, 0.2) is 0 Å². The van der Waals surface area contributed by atoms with Crippen molar-refractivity contribution in [2.75, 3.05) is 0 Å². The highest BCUT2D eigenvalue weighted by Gasteiger charge is 2.14. The number of carbonyl (C=O) groups excluding carboxylic acids is 1. The lowest BCUT2D eigenvalue weighted by Crippen LogP contribution is -2.25. The molecule has 0 aliphatic heterocycles. The fourth-order valence-electron chi connectivity index (χ4n) is 1.20. The minimum absolute atomic E-state index is 0.304. The highest BCUT2D eigenvalue weighted by atomic mass is 79.9. The molecule has 82 valence electrons. The molecule has 0 bridgehead atoms. The maximum Gasteiger partial charge on any atom is 0.231 e. The number of benzene rings is 1. The summed E-state index contributed by atoms with van der Waals surface area (Å²) in [5.74, 6) is -0.726. The number of rotatable bonds is 3. The molecular weight excluding hydrogens is 329 g/mol. The summed E-state index contributed by atoms with van der Waals surface area (Å²) in [4.78, 5) is 10.4. The molecule has 1 aromatic rings. The second-order valence-electron chi connectivity index (χ2n) is 3.27. The third-order valence-corrected chi connectivity index (χ3v) is 3.47. The van der Waals surface area contributed by atoms with Gasteiger partial charge in [-0.15, -0.1) is 0 Å². The van der Waals surface area contributed by atoms with Gasteiger partial charge >= 0.3 is 0 Å². The third-order valence-electron chi connectivity index (χ3n) is 2.09. The van der Waals surface area contributed by atoms with Crippen molar-refractivity contribution in [3.63, 3.8) is 0 Å². The molecule has 0 heterocycles. The highest BCUT2D eigenvalue weighted by Crippen LogP contribution is 2.22. The first kappa shape index (κ1) is 12.6. The van der Waals surface area contributed by atoms with Crippen LogP contribution in [0.1, 0.15) is 11.1 Å². The van der Waals surface area contributed by atoms with Gasteiger partial charge in [-0.3, -0.25) is 4.79 Å².